The van der Waals surface area contributed by atoms with Crippen molar-refractivity contribution in [3.8, 4) is 0 Å². The van der Waals surface area contributed by atoms with Gasteiger partial charge in [-0.05, 0) is 31.9 Å². The molecule has 0 saturated carbocycles. The Labute approximate surface area is 124 Å². The van der Waals surface area contributed by atoms with Gasteiger partial charge in [0.2, 0.25) is 0 Å². The number of piperidine rings is 1. The molecule has 2 aliphatic rings. The van der Waals surface area contributed by atoms with Crippen molar-refractivity contribution in [2.75, 3.05) is 7.05 Å². The Morgan fingerprint density at radius 2 is 2.10 bits per heavy atom. The lowest BCUT2D eigenvalue weighted by Crippen LogP contribution is -2.58. The largest absolute Gasteiger partial charge is 0.465 e. The van der Waals surface area contributed by atoms with E-state index < -0.39 is 18.3 Å². The van der Waals surface area contributed by atoms with E-state index in [4.69, 9.17) is 0 Å². The quantitative estimate of drug-likeness (QED) is 0.931. The van der Waals surface area contributed by atoms with Crippen molar-refractivity contribution in [2.24, 2.45) is 0 Å². The van der Waals surface area contributed by atoms with Gasteiger partial charge in [0.05, 0.1) is 6.04 Å². The molecule has 0 aliphatic carbocycles. The zero-order chi connectivity index (χ0) is 15.0. The van der Waals surface area contributed by atoms with Crippen LogP contribution in [0.15, 0.2) is 30.3 Å². The van der Waals surface area contributed by atoms with Crippen LogP contribution < -0.4 is 0 Å². The highest BCUT2D eigenvalue weighted by molar-refractivity contribution is 5.67. The lowest BCUT2D eigenvalue weighted by molar-refractivity contribution is 0.00217. The summed E-state index contributed by atoms with van der Waals surface area (Å²) in [7, 11) is 1.93. The minimum absolute atomic E-state index is 0.0253. The molecule has 1 aromatic carbocycles. The van der Waals surface area contributed by atoms with Gasteiger partial charge in [0.1, 0.15) is 6.17 Å². The maximum Gasteiger partial charge on any atom is 0.407 e. The monoisotopic (exact) mass is 292 g/mol. The Bertz CT molecular complexity index is 510. The van der Waals surface area contributed by atoms with E-state index in [2.05, 4.69) is 0 Å². The van der Waals surface area contributed by atoms with Crippen molar-refractivity contribution in [1.82, 2.24) is 9.80 Å². The van der Waals surface area contributed by atoms with E-state index in [0.29, 0.717) is 19.4 Å². The fourth-order valence-corrected chi connectivity index (χ4v) is 3.83. The highest BCUT2D eigenvalue weighted by Gasteiger charge is 2.50. The van der Waals surface area contributed by atoms with Gasteiger partial charge in [-0.2, -0.15) is 0 Å². The molecule has 0 aromatic heterocycles. The van der Waals surface area contributed by atoms with Crippen LogP contribution >= 0.6 is 0 Å². The predicted molar refractivity (Wildman–Crippen MR) is 77.9 cm³/mol. The van der Waals surface area contributed by atoms with Crippen LogP contribution in [0.3, 0.4) is 0 Å². The molecule has 5 heteroatoms. The summed E-state index contributed by atoms with van der Waals surface area (Å²) in [6.45, 7) is 0.693. The number of fused-ring (bicyclic) bond motifs is 2. The molecule has 4 atom stereocenters. The van der Waals surface area contributed by atoms with Gasteiger partial charge in [0.25, 0.3) is 0 Å². The van der Waals surface area contributed by atoms with Crippen molar-refractivity contribution < 1.29 is 14.3 Å². The van der Waals surface area contributed by atoms with E-state index in [1.807, 2.05) is 42.3 Å². The second-order valence-corrected chi connectivity index (χ2v) is 6.14. The molecule has 1 aromatic rings. The minimum atomic E-state index is -1.10. The van der Waals surface area contributed by atoms with Crippen molar-refractivity contribution in [2.45, 2.75) is 50.1 Å². The maximum atomic E-state index is 14.8. The van der Waals surface area contributed by atoms with Gasteiger partial charge < -0.3 is 5.11 Å². The first-order valence-electron chi connectivity index (χ1n) is 7.47. The summed E-state index contributed by atoms with van der Waals surface area (Å²) < 4.78 is 14.8. The molecule has 0 unspecified atom stereocenters. The van der Waals surface area contributed by atoms with Gasteiger partial charge >= 0.3 is 6.09 Å². The Hall–Kier alpha value is -1.62. The number of halogens is 1. The standard InChI is InChI=1S/C16H21FN2O2/c1-18(10-11-5-3-2-4-6-11)14-9-12-7-8-13(15(14)17)19(12)16(20)21/h2-6,12-15H,7-10H2,1H3,(H,20,21)/t12-,13+,14-,15+/m1/s1. The van der Waals surface area contributed by atoms with E-state index >= 15 is 0 Å². The zero-order valence-corrected chi connectivity index (χ0v) is 12.2. The summed E-state index contributed by atoms with van der Waals surface area (Å²) in [5, 5.41) is 9.24. The van der Waals surface area contributed by atoms with E-state index in [0.717, 1.165) is 12.0 Å². The lowest BCUT2D eigenvalue weighted by atomic mass is 9.94. The van der Waals surface area contributed by atoms with E-state index in [1.54, 1.807) is 0 Å². The molecular weight excluding hydrogens is 271 g/mol. The summed E-state index contributed by atoms with van der Waals surface area (Å²) in [4.78, 5) is 14.7. The number of nitrogens with zero attached hydrogens (tertiary/aromatic N) is 2. The molecule has 2 saturated heterocycles. The molecule has 4 nitrogen and oxygen atoms in total. The number of benzene rings is 1. The van der Waals surface area contributed by atoms with Crippen molar-refractivity contribution in [1.29, 1.82) is 0 Å². The fourth-order valence-electron chi connectivity index (χ4n) is 3.83. The highest BCUT2D eigenvalue weighted by atomic mass is 19.1. The molecule has 3 rings (SSSR count). The molecule has 2 bridgehead atoms. The predicted octanol–water partition coefficient (Wildman–Crippen LogP) is 2.74. The molecule has 0 spiro atoms. The Kier molecular flexibility index (Phi) is 3.85. The number of hydrogen-bond acceptors (Lipinski definition) is 2. The maximum absolute atomic E-state index is 14.8. The minimum Gasteiger partial charge on any atom is -0.465 e. The van der Waals surface area contributed by atoms with Crippen LogP contribution in [0.4, 0.5) is 9.18 Å². The topological polar surface area (TPSA) is 43.8 Å². The summed E-state index contributed by atoms with van der Waals surface area (Å²) in [5.74, 6) is 0. The average molecular weight is 292 g/mol. The van der Waals surface area contributed by atoms with Gasteiger partial charge in [-0.15, -0.1) is 0 Å². The number of alkyl halides is 1. The van der Waals surface area contributed by atoms with Crippen LogP contribution in [-0.2, 0) is 6.54 Å². The fraction of sp³-hybridized carbons (Fsp3) is 0.562. The van der Waals surface area contributed by atoms with Gasteiger partial charge in [0.15, 0.2) is 0 Å². The number of rotatable bonds is 3. The van der Waals surface area contributed by atoms with E-state index in [-0.39, 0.29) is 12.1 Å². The van der Waals surface area contributed by atoms with E-state index in [9.17, 15) is 14.3 Å². The SMILES string of the molecule is CN(Cc1ccccc1)[C@@H]1C[C@H]2CC[C@@H]([C@@H]1F)N2C(=O)O. The van der Waals surface area contributed by atoms with Crippen LogP contribution in [-0.4, -0.2) is 52.3 Å². The zero-order valence-electron chi connectivity index (χ0n) is 12.2. The summed E-state index contributed by atoms with van der Waals surface area (Å²) in [6, 6.07) is 9.30. The summed E-state index contributed by atoms with van der Waals surface area (Å²) in [5.41, 5.74) is 1.15. The molecule has 2 heterocycles. The van der Waals surface area contributed by atoms with Gasteiger partial charge in [-0.1, -0.05) is 30.3 Å². The van der Waals surface area contributed by atoms with Crippen LogP contribution in [0.5, 0.6) is 0 Å². The highest BCUT2D eigenvalue weighted by Crippen LogP contribution is 2.39. The van der Waals surface area contributed by atoms with Crippen LogP contribution in [0.25, 0.3) is 0 Å². The number of carbonyl (C=O) groups is 1. The van der Waals surface area contributed by atoms with E-state index in [1.165, 1.54) is 4.90 Å². The Morgan fingerprint density at radius 3 is 2.76 bits per heavy atom. The van der Waals surface area contributed by atoms with Crippen LogP contribution in [0.1, 0.15) is 24.8 Å². The molecule has 1 amide bonds. The molecule has 114 valence electrons. The molecule has 1 N–H and O–H groups in total. The third kappa shape index (κ3) is 2.62. The van der Waals surface area contributed by atoms with Crippen LogP contribution in [0, 0.1) is 0 Å². The third-order valence-corrected chi connectivity index (χ3v) is 4.86. The average Bonchev–Trinajstić information content (AvgIpc) is 2.81. The Morgan fingerprint density at radius 1 is 1.38 bits per heavy atom. The molecule has 0 radical (unpaired) electrons. The molecule has 2 aliphatic heterocycles. The number of carboxylic acid groups (broad SMARTS) is 1. The van der Waals surface area contributed by atoms with Crippen molar-refractivity contribution >= 4 is 6.09 Å². The lowest BCUT2D eigenvalue weighted by Gasteiger charge is -2.43. The summed E-state index contributed by atoms with van der Waals surface area (Å²) in [6.07, 6.45) is -0.0587. The second kappa shape index (κ2) is 5.64. The molecular formula is C16H21FN2O2. The van der Waals surface area contributed by atoms with Gasteiger partial charge in [-0.3, -0.25) is 9.80 Å². The summed E-state index contributed by atoms with van der Waals surface area (Å²) >= 11 is 0. The third-order valence-electron chi connectivity index (χ3n) is 4.86. The smallest absolute Gasteiger partial charge is 0.407 e. The Balaban J connectivity index is 1.71. The number of hydrogen-bond donors (Lipinski definition) is 1. The first kappa shape index (κ1) is 14.3. The van der Waals surface area contributed by atoms with Gasteiger partial charge in [0, 0.05) is 18.6 Å². The second-order valence-electron chi connectivity index (χ2n) is 6.14. The molecule has 2 fully saturated rings. The van der Waals surface area contributed by atoms with Gasteiger partial charge in [-0.25, -0.2) is 9.18 Å². The first-order valence-corrected chi connectivity index (χ1v) is 7.47. The first-order chi connectivity index (χ1) is 10.1. The normalized spacial score (nSPS) is 31.7. The molecule has 21 heavy (non-hydrogen) atoms. The number of amides is 1. The van der Waals surface area contributed by atoms with Crippen LogP contribution in [0.2, 0.25) is 0 Å². The van der Waals surface area contributed by atoms with Crippen molar-refractivity contribution in [3.63, 3.8) is 0 Å². The van der Waals surface area contributed by atoms with Crippen molar-refractivity contribution in [3.05, 3.63) is 35.9 Å².